The summed E-state index contributed by atoms with van der Waals surface area (Å²) in [5.74, 6) is -0.946. The van der Waals surface area contributed by atoms with Gasteiger partial charge < -0.3 is 5.73 Å². The van der Waals surface area contributed by atoms with Gasteiger partial charge in [0.2, 0.25) is 0 Å². The molecule has 1 unspecified atom stereocenters. The molecule has 7 nitrogen and oxygen atoms in total. The van der Waals surface area contributed by atoms with Crippen molar-refractivity contribution in [3.05, 3.63) is 35.4 Å². The molecule has 25 heavy (non-hydrogen) atoms. The smallest absolute Gasteiger partial charge is 0.261 e. The van der Waals surface area contributed by atoms with Gasteiger partial charge in [-0.25, -0.2) is 8.42 Å². The third-order valence-electron chi connectivity index (χ3n) is 3.98. The van der Waals surface area contributed by atoms with Gasteiger partial charge in [0.25, 0.3) is 11.8 Å². The van der Waals surface area contributed by atoms with Crippen molar-refractivity contribution in [3.8, 4) is 0 Å². The molecule has 1 aliphatic heterocycles. The SMILES string of the molecule is CCCCS(=O)(=O)C(CSC(=N)N)CN1C(=O)c2ccccc2C1=O. The van der Waals surface area contributed by atoms with Crippen LogP contribution in [0.15, 0.2) is 24.3 Å². The van der Waals surface area contributed by atoms with E-state index in [0.717, 1.165) is 23.1 Å². The fourth-order valence-electron chi connectivity index (χ4n) is 2.57. The lowest BCUT2D eigenvalue weighted by atomic mass is 10.1. The van der Waals surface area contributed by atoms with Crippen molar-refractivity contribution >= 4 is 38.6 Å². The van der Waals surface area contributed by atoms with Crippen LogP contribution in [0.25, 0.3) is 0 Å². The van der Waals surface area contributed by atoms with Crippen LogP contribution in [0.2, 0.25) is 0 Å². The van der Waals surface area contributed by atoms with Crippen LogP contribution in [0, 0.1) is 5.41 Å². The first-order valence-corrected chi connectivity index (χ1v) is 10.6. The fraction of sp³-hybridized carbons (Fsp3) is 0.438. The van der Waals surface area contributed by atoms with Crippen molar-refractivity contribution in [2.75, 3.05) is 18.1 Å². The maximum atomic E-state index is 12.6. The standard InChI is InChI=1S/C16H21N3O4S2/c1-2-3-8-25(22,23)11(10-24-16(17)18)9-19-14(20)12-6-4-5-7-13(12)15(19)21/h4-7,11H,2-3,8-10H2,1H3,(H3,17,18). The number of nitrogens with zero attached hydrogens (tertiary/aromatic N) is 1. The largest absolute Gasteiger partial charge is 0.379 e. The van der Waals surface area contributed by atoms with E-state index in [2.05, 4.69) is 0 Å². The summed E-state index contributed by atoms with van der Waals surface area (Å²) in [6.07, 6.45) is 1.23. The van der Waals surface area contributed by atoms with Crippen LogP contribution in [-0.4, -0.2) is 53.6 Å². The highest BCUT2D eigenvalue weighted by molar-refractivity contribution is 8.14. The summed E-state index contributed by atoms with van der Waals surface area (Å²) in [6, 6.07) is 6.43. The normalized spacial score (nSPS) is 15.3. The van der Waals surface area contributed by atoms with E-state index >= 15 is 0 Å². The molecule has 1 heterocycles. The minimum absolute atomic E-state index is 0.0181. The van der Waals surface area contributed by atoms with E-state index in [0.29, 0.717) is 6.42 Å². The van der Waals surface area contributed by atoms with Crippen LogP contribution in [-0.2, 0) is 9.84 Å². The van der Waals surface area contributed by atoms with Gasteiger partial charge in [0.1, 0.15) is 0 Å². The third kappa shape index (κ3) is 4.40. The molecule has 2 amide bonds. The number of fused-ring (bicyclic) bond motifs is 1. The molecule has 1 aromatic carbocycles. The zero-order valence-electron chi connectivity index (χ0n) is 13.9. The van der Waals surface area contributed by atoms with Gasteiger partial charge in [-0.15, -0.1) is 0 Å². The van der Waals surface area contributed by atoms with Crippen LogP contribution in [0.4, 0.5) is 0 Å². The molecule has 0 aliphatic carbocycles. The number of nitrogens with one attached hydrogen (secondary N) is 1. The van der Waals surface area contributed by atoms with Crippen LogP contribution in [0.5, 0.6) is 0 Å². The Morgan fingerprint density at radius 1 is 1.24 bits per heavy atom. The number of sulfone groups is 1. The van der Waals surface area contributed by atoms with Gasteiger partial charge in [-0.05, 0) is 18.6 Å². The highest BCUT2D eigenvalue weighted by atomic mass is 32.2. The molecule has 3 N–H and O–H groups in total. The molecule has 9 heteroatoms. The molecule has 0 saturated heterocycles. The summed E-state index contributed by atoms with van der Waals surface area (Å²) in [5, 5.41) is 6.15. The van der Waals surface area contributed by atoms with E-state index in [1.54, 1.807) is 24.3 Å². The minimum atomic E-state index is -3.52. The molecule has 2 rings (SSSR count). The Morgan fingerprint density at radius 3 is 2.28 bits per heavy atom. The zero-order valence-corrected chi connectivity index (χ0v) is 15.5. The quantitative estimate of drug-likeness (QED) is 0.398. The van der Waals surface area contributed by atoms with Crippen molar-refractivity contribution in [2.45, 2.75) is 25.0 Å². The van der Waals surface area contributed by atoms with Crippen LogP contribution in [0.3, 0.4) is 0 Å². The van der Waals surface area contributed by atoms with Crippen molar-refractivity contribution < 1.29 is 18.0 Å². The van der Waals surface area contributed by atoms with Crippen molar-refractivity contribution in [2.24, 2.45) is 5.73 Å². The van der Waals surface area contributed by atoms with Gasteiger partial charge in [-0.3, -0.25) is 19.9 Å². The van der Waals surface area contributed by atoms with Crippen molar-refractivity contribution in [1.82, 2.24) is 4.90 Å². The highest BCUT2D eigenvalue weighted by Gasteiger charge is 2.39. The summed E-state index contributed by atoms with van der Waals surface area (Å²) in [4.78, 5) is 25.9. The second kappa shape index (κ2) is 8.01. The van der Waals surface area contributed by atoms with E-state index in [9.17, 15) is 18.0 Å². The lowest BCUT2D eigenvalue weighted by molar-refractivity contribution is 0.0656. The van der Waals surface area contributed by atoms with E-state index in [-0.39, 0.29) is 34.3 Å². The molecule has 1 aliphatic rings. The summed E-state index contributed by atoms with van der Waals surface area (Å²) >= 11 is 0.902. The summed E-state index contributed by atoms with van der Waals surface area (Å²) in [5.41, 5.74) is 5.90. The maximum Gasteiger partial charge on any atom is 0.261 e. The first-order valence-electron chi connectivity index (χ1n) is 7.91. The van der Waals surface area contributed by atoms with Gasteiger partial charge in [0.05, 0.1) is 22.1 Å². The summed E-state index contributed by atoms with van der Waals surface area (Å²) in [7, 11) is -3.52. The second-order valence-electron chi connectivity index (χ2n) is 5.78. The van der Waals surface area contributed by atoms with Crippen LogP contribution in [0.1, 0.15) is 40.5 Å². The average Bonchev–Trinajstić information content (AvgIpc) is 2.81. The molecule has 136 valence electrons. The zero-order chi connectivity index (χ0) is 18.6. The molecule has 0 fully saturated rings. The molecule has 0 radical (unpaired) electrons. The Balaban J connectivity index is 2.23. The number of carbonyl (C=O) groups is 2. The van der Waals surface area contributed by atoms with E-state index in [1.807, 2.05) is 6.92 Å². The maximum absolute atomic E-state index is 12.6. The van der Waals surface area contributed by atoms with Gasteiger partial charge in [0, 0.05) is 12.3 Å². The topological polar surface area (TPSA) is 121 Å². The van der Waals surface area contributed by atoms with Crippen LogP contribution >= 0.6 is 11.8 Å². The molecule has 0 aromatic heterocycles. The van der Waals surface area contributed by atoms with E-state index in [1.165, 1.54) is 0 Å². The Labute approximate surface area is 151 Å². The number of amidine groups is 1. The Hall–Kier alpha value is -1.87. The number of amides is 2. The number of nitrogens with two attached hydrogens (primary N) is 1. The Morgan fingerprint density at radius 2 is 1.80 bits per heavy atom. The second-order valence-corrected chi connectivity index (χ2v) is 9.25. The first kappa shape index (κ1) is 19.5. The van der Waals surface area contributed by atoms with Gasteiger partial charge in [-0.2, -0.15) is 0 Å². The van der Waals surface area contributed by atoms with Gasteiger partial charge in [0.15, 0.2) is 15.0 Å². The highest BCUT2D eigenvalue weighted by Crippen LogP contribution is 2.24. The average molecular weight is 383 g/mol. The molecule has 1 aromatic rings. The van der Waals surface area contributed by atoms with Gasteiger partial charge in [-0.1, -0.05) is 37.2 Å². The number of thioether (sulfide) groups is 1. The fourth-order valence-corrected chi connectivity index (χ4v) is 5.48. The lowest BCUT2D eigenvalue weighted by Gasteiger charge is -2.22. The minimum Gasteiger partial charge on any atom is -0.379 e. The number of hydrogen-bond acceptors (Lipinski definition) is 6. The number of carbonyl (C=O) groups excluding carboxylic acids is 2. The number of imide groups is 1. The predicted molar refractivity (Wildman–Crippen MR) is 98.7 cm³/mol. The predicted octanol–water partition coefficient (Wildman–Crippen LogP) is 1.49. The van der Waals surface area contributed by atoms with Crippen LogP contribution < -0.4 is 5.73 Å². The Bertz CT molecular complexity index is 757. The summed E-state index contributed by atoms with van der Waals surface area (Å²) < 4.78 is 25.2. The Kier molecular flexibility index (Phi) is 6.23. The molecule has 0 saturated carbocycles. The monoisotopic (exact) mass is 383 g/mol. The molecule has 0 spiro atoms. The van der Waals surface area contributed by atoms with E-state index < -0.39 is 26.9 Å². The van der Waals surface area contributed by atoms with Crippen molar-refractivity contribution in [3.63, 3.8) is 0 Å². The van der Waals surface area contributed by atoms with Crippen molar-refractivity contribution in [1.29, 1.82) is 5.41 Å². The summed E-state index contributed by atoms with van der Waals surface area (Å²) in [6.45, 7) is 1.66. The molecule has 1 atom stereocenters. The third-order valence-corrected chi connectivity index (χ3v) is 7.26. The number of unbranched alkanes of at least 4 members (excludes halogenated alkanes) is 1. The number of hydrogen-bond donors (Lipinski definition) is 2. The molecule has 0 bridgehead atoms. The number of rotatable bonds is 8. The van der Waals surface area contributed by atoms with E-state index in [4.69, 9.17) is 11.1 Å². The number of benzene rings is 1. The first-order chi connectivity index (χ1) is 11.8. The lowest BCUT2D eigenvalue weighted by Crippen LogP contribution is -2.42. The van der Waals surface area contributed by atoms with Gasteiger partial charge >= 0.3 is 0 Å². The molecular weight excluding hydrogens is 362 g/mol. The molecular formula is C16H21N3O4S2.